The second-order valence-electron chi connectivity index (χ2n) is 9.58. The molecule has 4 unspecified atom stereocenters. The van der Waals surface area contributed by atoms with Gasteiger partial charge in [0.15, 0.2) is 11.4 Å². The molecular weight excluding hydrogens is 524 g/mol. The van der Waals surface area contributed by atoms with Gasteiger partial charge in [-0.3, -0.25) is 0 Å². The van der Waals surface area contributed by atoms with Crippen molar-refractivity contribution in [1.82, 2.24) is 15.3 Å². The number of nitrogens with zero attached hydrogens (tertiary/aromatic N) is 2. The van der Waals surface area contributed by atoms with Crippen molar-refractivity contribution in [2.45, 2.75) is 43.7 Å². The number of hydrogen-bond donors (Lipinski definition) is 3. The maximum atomic E-state index is 12.4. The SMILES string of the molecule is CC1C(CSc2ncccn2)OC(c2ccc(NC(=O)NCc3ccccc3)cc2)OC1c1ccc(CO)cc1. The Morgan fingerprint density at radius 1 is 0.875 bits per heavy atom. The first kappa shape index (κ1) is 27.8. The van der Waals surface area contributed by atoms with Crippen LogP contribution in [0, 0.1) is 5.92 Å². The lowest BCUT2D eigenvalue weighted by molar-refractivity contribution is -0.268. The number of ether oxygens (including phenoxy) is 2. The van der Waals surface area contributed by atoms with Gasteiger partial charge in [-0.25, -0.2) is 14.8 Å². The number of rotatable bonds is 9. The summed E-state index contributed by atoms with van der Waals surface area (Å²) in [6.45, 7) is 2.56. The van der Waals surface area contributed by atoms with E-state index in [0.717, 1.165) is 22.3 Å². The highest BCUT2D eigenvalue weighted by molar-refractivity contribution is 7.99. The number of urea groups is 1. The monoisotopic (exact) mass is 556 g/mol. The van der Waals surface area contributed by atoms with E-state index >= 15 is 0 Å². The number of thioether (sulfide) groups is 1. The molecule has 0 bridgehead atoms. The van der Waals surface area contributed by atoms with Crippen LogP contribution in [0.15, 0.2) is 102 Å². The van der Waals surface area contributed by atoms with E-state index in [2.05, 4.69) is 27.5 Å². The first-order chi connectivity index (χ1) is 19.6. The first-order valence-corrected chi connectivity index (χ1v) is 14.2. The maximum Gasteiger partial charge on any atom is 0.319 e. The summed E-state index contributed by atoms with van der Waals surface area (Å²) in [7, 11) is 0. The van der Waals surface area contributed by atoms with Crippen LogP contribution in [-0.2, 0) is 22.6 Å². The van der Waals surface area contributed by atoms with Crippen LogP contribution in [0.1, 0.15) is 41.6 Å². The molecule has 0 spiro atoms. The van der Waals surface area contributed by atoms with Gasteiger partial charge in [0, 0.05) is 41.9 Å². The summed E-state index contributed by atoms with van der Waals surface area (Å²) in [6, 6.07) is 26.6. The maximum absolute atomic E-state index is 12.4. The quantitative estimate of drug-likeness (QED) is 0.175. The van der Waals surface area contributed by atoms with Gasteiger partial charge in [0.2, 0.25) is 0 Å². The van der Waals surface area contributed by atoms with Gasteiger partial charge in [-0.05, 0) is 34.9 Å². The molecular formula is C31H32N4O4S. The van der Waals surface area contributed by atoms with Crippen LogP contribution in [0.25, 0.3) is 0 Å². The third kappa shape index (κ3) is 7.25. The minimum atomic E-state index is -0.595. The molecule has 4 aromatic rings. The molecule has 1 aromatic heterocycles. The van der Waals surface area contributed by atoms with Crippen molar-refractivity contribution in [3.63, 3.8) is 0 Å². The van der Waals surface area contributed by atoms with E-state index in [9.17, 15) is 9.90 Å². The number of carbonyl (C=O) groups is 1. The molecule has 40 heavy (non-hydrogen) atoms. The van der Waals surface area contributed by atoms with E-state index in [4.69, 9.17) is 9.47 Å². The molecule has 1 aliphatic rings. The molecule has 5 rings (SSSR count). The Balaban J connectivity index is 1.27. The fraction of sp³-hybridized carbons (Fsp3) is 0.258. The van der Waals surface area contributed by atoms with Crippen molar-refractivity contribution in [3.8, 4) is 0 Å². The third-order valence-corrected chi connectivity index (χ3v) is 7.74. The van der Waals surface area contributed by atoms with Crippen molar-refractivity contribution in [2.75, 3.05) is 11.1 Å². The van der Waals surface area contributed by atoms with E-state index in [0.29, 0.717) is 23.1 Å². The van der Waals surface area contributed by atoms with Gasteiger partial charge in [-0.1, -0.05) is 85.4 Å². The molecule has 8 nitrogen and oxygen atoms in total. The molecule has 2 heterocycles. The molecule has 9 heteroatoms. The van der Waals surface area contributed by atoms with Crippen LogP contribution < -0.4 is 10.6 Å². The zero-order chi connectivity index (χ0) is 27.7. The van der Waals surface area contributed by atoms with E-state index in [1.807, 2.05) is 78.9 Å². The van der Waals surface area contributed by atoms with Crippen molar-refractivity contribution < 1.29 is 19.4 Å². The third-order valence-electron chi connectivity index (χ3n) is 6.78. The van der Waals surface area contributed by atoms with Crippen LogP contribution in [-0.4, -0.2) is 33.0 Å². The number of aliphatic hydroxyl groups excluding tert-OH is 1. The molecule has 0 aliphatic carbocycles. The van der Waals surface area contributed by atoms with E-state index < -0.39 is 6.29 Å². The lowest BCUT2D eigenvalue weighted by Crippen LogP contribution is -2.38. The Morgan fingerprint density at radius 2 is 1.57 bits per heavy atom. The summed E-state index contributed by atoms with van der Waals surface area (Å²) < 4.78 is 13.0. The second kappa shape index (κ2) is 13.5. The first-order valence-electron chi connectivity index (χ1n) is 13.2. The molecule has 0 saturated carbocycles. The highest BCUT2D eigenvalue weighted by atomic mass is 32.2. The van der Waals surface area contributed by atoms with E-state index in [-0.39, 0.29) is 30.8 Å². The Labute approximate surface area is 238 Å². The summed E-state index contributed by atoms with van der Waals surface area (Å²) in [5.74, 6) is 0.721. The van der Waals surface area contributed by atoms with Gasteiger partial charge in [-0.15, -0.1) is 0 Å². The summed E-state index contributed by atoms with van der Waals surface area (Å²) >= 11 is 1.55. The fourth-order valence-corrected chi connectivity index (χ4v) is 5.47. The van der Waals surface area contributed by atoms with Crippen molar-refractivity contribution in [3.05, 3.63) is 120 Å². The number of amides is 2. The van der Waals surface area contributed by atoms with Crippen LogP contribution in [0.3, 0.4) is 0 Å². The van der Waals surface area contributed by atoms with Crippen LogP contribution >= 0.6 is 11.8 Å². The molecule has 206 valence electrons. The van der Waals surface area contributed by atoms with Crippen molar-refractivity contribution >= 4 is 23.5 Å². The van der Waals surface area contributed by atoms with Gasteiger partial charge in [-0.2, -0.15) is 0 Å². The molecule has 1 saturated heterocycles. The number of anilines is 1. The van der Waals surface area contributed by atoms with Gasteiger partial charge in [0.05, 0.1) is 18.8 Å². The lowest BCUT2D eigenvalue weighted by Gasteiger charge is -2.41. The number of benzene rings is 3. The summed E-state index contributed by atoms with van der Waals surface area (Å²) in [5, 5.41) is 15.9. The van der Waals surface area contributed by atoms with Crippen LogP contribution in [0.5, 0.6) is 0 Å². The largest absolute Gasteiger partial charge is 0.392 e. The Kier molecular flexibility index (Phi) is 9.41. The van der Waals surface area contributed by atoms with Gasteiger partial charge < -0.3 is 25.2 Å². The number of aromatic nitrogens is 2. The topological polar surface area (TPSA) is 106 Å². The Hall–Kier alpha value is -3.76. The van der Waals surface area contributed by atoms with Crippen molar-refractivity contribution in [1.29, 1.82) is 0 Å². The number of carbonyl (C=O) groups excluding carboxylic acids is 1. The van der Waals surface area contributed by atoms with Crippen molar-refractivity contribution in [2.24, 2.45) is 5.92 Å². The smallest absolute Gasteiger partial charge is 0.319 e. The van der Waals surface area contributed by atoms with Crippen LogP contribution in [0.4, 0.5) is 10.5 Å². The van der Waals surface area contributed by atoms with Crippen LogP contribution in [0.2, 0.25) is 0 Å². The molecule has 1 fully saturated rings. The molecule has 3 aromatic carbocycles. The normalized spacial score (nSPS) is 20.6. The predicted molar refractivity (Wildman–Crippen MR) is 154 cm³/mol. The van der Waals surface area contributed by atoms with Gasteiger partial charge in [0.1, 0.15) is 0 Å². The van der Waals surface area contributed by atoms with E-state index in [1.54, 1.807) is 30.2 Å². The highest BCUT2D eigenvalue weighted by Crippen LogP contribution is 2.42. The number of nitrogens with one attached hydrogen (secondary N) is 2. The Morgan fingerprint density at radius 3 is 2.27 bits per heavy atom. The zero-order valence-electron chi connectivity index (χ0n) is 22.1. The Bertz CT molecular complexity index is 1360. The standard InChI is InChI=1S/C31H32N4O4S/c1-21-27(20-40-31-32-16-5-17-33-31)38-29(39-28(21)24-10-8-23(19-36)9-11-24)25-12-14-26(15-13-25)35-30(37)34-18-22-6-3-2-4-7-22/h2-17,21,27-29,36H,18-20H2,1H3,(H2,34,35,37). The minimum Gasteiger partial charge on any atom is -0.392 e. The zero-order valence-corrected chi connectivity index (χ0v) is 23.0. The van der Waals surface area contributed by atoms with Gasteiger partial charge >= 0.3 is 6.03 Å². The second-order valence-corrected chi connectivity index (χ2v) is 10.6. The molecule has 0 radical (unpaired) electrons. The van der Waals surface area contributed by atoms with Gasteiger partial charge in [0.25, 0.3) is 0 Å². The molecule has 1 aliphatic heterocycles. The molecule has 4 atom stereocenters. The van der Waals surface area contributed by atoms with E-state index in [1.165, 1.54) is 0 Å². The predicted octanol–water partition coefficient (Wildman–Crippen LogP) is 5.87. The average Bonchev–Trinajstić information content (AvgIpc) is 3.01. The summed E-state index contributed by atoms with van der Waals surface area (Å²) in [5.41, 5.74) is 4.43. The molecule has 3 N–H and O–H groups in total. The summed E-state index contributed by atoms with van der Waals surface area (Å²) in [6.07, 6.45) is 2.53. The fourth-order valence-electron chi connectivity index (χ4n) is 4.50. The number of aliphatic hydroxyl groups is 1. The molecule has 2 amide bonds. The number of hydrogen-bond acceptors (Lipinski definition) is 7. The minimum absolute atomic E-state index is 0.00586. The lowest BCUT2D eigenvalue weighted by atomic mass is 9.91. The summed E-state index contributed by atoms with van der Waals surface area (Å²) in [4.78, 5) is 21.0. The highest BCUT2D eigenvalue weighted by Gasteiger charge is 2.38. The average molecular weight is 557 g/mol.